The molecule has 8 nitrogen and oxygen atoms in total. The first-order chi connectivity index (χ1) is 14.3. The molecule has 0 amide bonds. The molecule has 0 saturated carbocycles. The Morgan fingerprint density at radius 1 is 1.34 bits per heavy atom. The van der Waals surface area contributed by atoms with Gasteiger partial charge >= 0.3 is 0 Å². The zero-order valence-corrected chi connectivity index (χ0v) is 16.5. The second-order valence-electron chi connectivity index (χ2n) is 7.59. The number of morpholine rings is 1. The fourth-order valence-electron chi connectivity index (χ4n) is 4.30. The fourth-order valence-corrected chi connectivity index (χ4v) is 4.30. The molecule has 0 bridgehead atoms. The molecular formula is C21H26N6O2. The molecule has 2 aliphatic heterocycles. The average Bonchev–Trinajstić information content (AvgIpc) is 3.17. The molecule has 2 aromatic heterocycles. The second-order valence-corrected chi connectivity index (χ2v) is 7.59. The van der Waals surface area contributed by atoms with Crippen LogP contribution in [0.4, 0.5) is 11.5 Å². The molecule has 2 saturated heterocycles. The maximum atomic E-state index is 5.99. The molecule has 0 radical (unpaired) electrons. The summed E-state index contributed by atoms with van der Waals surface area (Å²) in [6, 6.07) is 10.5. The van der Waals surface area contributed by atoms with Crippen molar-refractivity contribution >= 4 is 17.0 Å². The van der Waals surface area contributed by atoms with Crippen molar-refractivity contribution in [2.45, 2.75) is 25.1 Å². The molecule has 5 rings (SSSR count). The average molecular weight is 394 g/mol. The molecule has 8 heteroatoms. The molecular weight excluding hydrogens is 368 g/mol. The predicted octanol–water partition coefficient (Wildman–Crippen LogP) is 2.04. The number of fused-ring (bicyclic) bond motifs is 2. The van der Waals surface area contributed by atoms with E-state index in [0.29, 0.717) is 6.04 Å². The van der Waals surface area contributed by atoms with E-state index in [0.717, 1.165) is 62.0 Å². The summed E-state index contributed by atoms with van der Waals surface area (Å²) < 4.78 is 13.2. The van der Waals surface area contributed by atoms with Crippen LogP contribution >= 0.6 is 0 Å². The summed E-state index contributed by atoms with van der Waals surface area (Å²) >= 11 is 0. The number of aromatic nitrogens is 3. The van der Waals surface area contributed by atoms with Crippen molar-refractivity contribution in [1.82, 2.24) is 24.8 Å². The number of hydrogen-bond acceptors (Lipinski definition) is 7. The van der Waals surface area contributed by atoms with Gasteiger partial charge in [0, 0.05) is 50.2 Å². The lowest BCUT2D eigenvalue weighted by Crippen LogP contribution is -2.57. The van der Waals surface area contributed by atoms with Crippen LogP contribution in [0.5, 0.6) is 5.75 Å². The first kappa shape index (κ1) is 18.4. The number of ether oxygens (including phenoxy) is 2. The third kappa shape index (κ3) is 3.78. The summed E-state index contributed by atoms with van der Waals surface area (Å²) in [7, 11) is 1.67. The molecule has 2 N–H and O–H groups in total. The van der Waals surface area contributed by atoms with Crippen molar-refractivity contribution in [2.24, 2.45) is 0 Å². The molecule has 0 aliphatic carbocycles. The number of methoxy groups -OCH3 is 1. The summed E-state index contributed by atoms with van der Waals surface area (Å²) in [6.45, 7) is 4.61. The van der Waals surface area contributed by atoms with E-state index >= 15 is 0 Å². The Balaban J connectivity index is 1.38. The summed E-state index contributed by atoms with van der Waals surface area (Å²) in [5, 5.41) is 11.4. The summed E-state index contributed by atoms with van der Waals surface area (Å²) in [5.74, 6) is 1.60. The van der Waals surface area contributed by atoms with Gasteiger partial charge in [0.25, 0.3) is 0 Å². The minimum absolute atomic E-state index is 0.275. The van der Waals surface area contributed by atoms with Gasteiger partial charge in [-0.15, -0.1) is 0 Å². The number of rotatable bonds is 5. The monoisotopic (exact) mass is 394 g/mol. The smallest absolute Gasteiger partial charge is 0.158 e. The number of piperidine rings is 1. The van der Waals surface area contributed by atoms with Crippen LogP contribution in [0.2, 0.25) is 0 Å². The molecule has 4 heterocycles. The number of benzene rings is 1. The Bertz CT molecular complexity index is 990. The Kier molecular flexibility index (Phi) is 5.05. The van der Waals surface area contributed by atoms with Crippen LogP contribution in [-0.2, 0) is 11.3 Å². The van der Waals surface area contributed by atoms with E-state index in [-0.39, 0.29) is 6.10 Å². The molecule has 0 spiro atoms. The maximum absolute atomic E-state index is 5.99. The summed E-state index contributed by atoms with van der Waals surface area (Å²) in [4.78, 5) is 6.98. The third-order valence-corrected chi connectivity index (χ3v) is 5.75. The molecule has 0 unspecified atom stereocenters. The highest BCUT2D eigenvalue weighted by Crippen LogP contribution is 2.27. The van der Waals surface area contributed by atoms with Crippen LogP contribution in [0.3, 0.4) is 0 Å². The van der Waals surface area contributed by atoms with Crippen LogP contribution in [-0.4, -0.2) is 65.0 Å². The van der Waals surface area contributed by atoms with Crippen LogP contribution in [0, 0.1) is 0 Å². The third-order valence-electron chi connectivity index (χ3n) is 5.75. The van der Waals surface area contributed by atoms with E-state index in [9.17, 15) is 0 Å². The highest BCUT2D eigenvalue weighted by molar-refractivity contribution is 5.76. The van der Waals surface area contributed by atoms with Gasteiger partial charge in [-0.2, -0.15) is 5.10 Å². The molecule has 2 atom stereocenters. The largest absolute Gasteiger partial charge is 0.497 e. The van der Waals surface area contributed by atoms with Gasteiger partial charge < -0.3 is 20.1 Å². The van der Waals surface area contributed by atoms with Crippen molar-refractivity contribution in [1.29, 1.82) is 0 Å². The summed E-state index contributed by atoms with van der Waals surface area (Å²) in [5.41, 5.74) is 3.14. The van der Waals surface area contributed by atoms with Crippen LogP contribution in [0.25, 0.3) is 5.52 Å². The highest BCUT2D eigenvalue weighted by Gasteiger charge is 2.32. The molecule has 3 aromatic rings. The fraction of sp³-hybridized carbons (Fsp3) is 0.429. The van der Waals surface area contributed by atoms with Crippen LogP contribution in [0.1, 0.15) is 12.0 Å². The number of hydrogen-bond donors (Lipinski definition) is 2. The standard InChI is InChI=1S/C21H26N6O2/c1-28-17-4-2-3-16(11-17)25-21-20-15(5-9-27(20)24-14-23-21)12-26-8-6-18-19(13-26)29-10-7-22-18/h2-5,9,11,14,18-19,22H,6-8,10,12-13H2,1H3,(H,23,24,25)/t18-,19-/m1/s1. The number of nitrogens with zero attached hydrogens (tertiary/aromatic N) is 4. The lowest BCUT2D eigenvalue weighted by atomic mass is 10.00. The van der Waals surface area contributed by atoms with Gasteiger partial charge in [-0.05, 0) is 30.2 Å². The topological polar surface area (TPSA) is 76.0 Å². The van der Waals surface area contributed by atoms with E-state index in [4.69, 9.17) is 9.47 Å². The van der Waals surface area contributed by atoms with Gasteiger partial charge in [-0.25, -0.2) is 9.50 Å². The van der Waals surface area contributed by atoms with Gasteiger partial charge in [-0.3, -0.25) is 4.90 Å². The van der Waals surface area contributed by atoms with E-state index in [2.05, 4.69) is 31.7 Å². The lowest BCUT2D eigenvalue weighted by Gasteiger charge is -2.41. The van der Waals surface area contributed by atoms with E-state index in [1.165, 1.54) is 5.56 Å². The van der Waals surface area contributed by atoms with Crippen molar-refractivity contribution in [3.8, 4) is 5.75 Å². The van der Waals surface area contributed by atoms with E-state index in [1.54, 1.807) is 13.4 Å². The number of nitrogens with one attached hydrogen (secondary N) is 2. The zero-order valence-electron chi connectivity index (χ0n) is 16.5. The molecule has 29 heavy (non-hydrogen) atoms. The molecule has 1 aromatic carbocycles. The van der Waals surface area contributed by atoms with Crippen molar-refractivity contribution in [3.63, 3.8) is 0 Å². The number of likely N-dealkylation sites (tertiary alicyclic amines) is 1. The van der Waals surface area contributed by atoms with E-state index < -0.39 is 0 Å². The van der Waals surface area contributed by atoms with Crippen molar-refractivity contribution < 1.29 is 9.47 Å². The second kappa shape index (κ2) is 7.98. The Morgan fingerprint density at radius 2 is 2.31 bits per heavy atom. The summed E-state index contributed by atoms with van der Waals surface area (Å²) in [6.07, 6.45) is 4.96. The van der Waals surface area contributed by atoms with Crippen molar-refractivity contribution in [2.75, 3.05) is 38.7 Å². The minimum atomic E-state index is 0.275. The quantitative estimate of drug-likeness (QED) is 0.686. The number of anilines is 2. The van der Waals surface area contributed by atoms with E-state index in [1.807, 2.05) is 35.0 Å². The lowest BCUT2D eigenvalue weighted by molar-refractivity contribution is -0.0488. The van der Waals surface area contributed by atoms with Crippen LogP contribution < -0.4 is 15.4 Å². The highest BCUT2D eigenvalue weighted by atomic mass is 16.5. The molecule has 152 valence electrons. The first-order valence-corrected chi connectivity index (χ1v) is 10.1. The first-order valence-electron chi connectivity index (χ1n) is 10.1. The van der Waals surface area contributed by atoms with Gasteiger partial charge in [0.2, 0.25) is 0 Å². The minimum Gasteiger partial charge on any atom is -0.497 e. The van der Waals surface area contributed by atoms with Gasteiger partial charge in [0.05, 0.1) is 19.8 Å². The maximum Gasteiger partial charge on any atom is 0.158 e. The van der Waals surface area contributed by atoms with Crippen LogP contribution in [0.15, 0.2) is 42.9 Å². The van der Waals surface area contributed by atoms with Crippen molar-refractivity contribution in [3.05, 3.63) is 48.4 Å². The Hall–Kier alpha value is -2.68. The Labute approximate surface area is 169 Å². The molecule has 2 aliphatic rings. The van der Waals surface area contributed by atoms with Gasteiger partial charge in [-0.1, -0.05) is 6.07 Å². The zero-order chi connectivity index (χ0) is 19.6. The SMILES string of the molecule is COc1cccc(Nc2ncnn3ccc(CN4CC[C@H]5NCCO[C@@H]5C4)c23)c1. The normalized spacial score (nSPS) is 22.4. The Morgan fingerprint density at radius 3 is 3.24 bits per heavy atom. The van der Waals surface area contributed by atoms with Gasteiger partial charge in [0.1, 0.15) is 17.6 Å². The predicted molar refractivity (Wildman–Crippen MR) is 111 cm³/mol. The molecule has 2 fully saturated rings. The van der Waals surface area contributed by atoms with Gasteiger partial charge in [0.15, 0.2) is 5.82 Å².